The van der Waals surface area contributed by atoms with Crippen molar-refractivity contribution in [2.75, 3.05) is 0 Å². The van der Waals surface area contributed by atoms with Gasteiger partial charge in [-0.1, -0.05) is 6.92 Å². The van der Waals surface area contributed by atoms with Gasteiger partial charge in [-0.05, 0) is 20.3 Å². The van der Waals surface area contributed by atoms with Gasteiger partial charge in [-0.25, -0.2) is 0 Å². The summed E-state index contributed by atoms with van der Waals surface area (Å²) in [6.07, 6.45) is 1.68. The SMILES string of the molecule is CC(C)C#N.CCCC#N. The third-order valence-electron chi connectivity index (χ3n) is 0.620. The largest absolute Gasteiger partial charge is 0.198 e. The normalized spacial score (nSPS) is 7.00. The standard InChI is InChI=1S/2C4H7N/c1-4(2)3-5;1-2-3-4-5/h4H,1-2H3;2-3H2,1H3. The molecule has 0 amide bonds. The number of unbranched alkanes of at least 4 members (excludes halogenated alkanes) is 1. The van der Waals surface area contributed by atoms with Crippen LogP contribution in [-0.2, 0) is 0 Å². The molecule has 0 saturated carbocycles. The minimum absolute atomic E-state index is 0.190. The summed E-state index contributed by atoms with van der Waals surface area (Å²) in [4.78, 5) is 0. The molecule has 0 N–H and O–H groups in total. The highest BCUT2D eigenvalue weighted by Crippen LogP contribution is 1.82. The van der Waals surface area contributed by atoms with Gasteiger partial charge in [0.1, 0.15) is 0 Å². The van der Waals surface area contributed by atoms with E-state index in [1.807, 2.05) is 32.9 Å². The Morgan fingerprint density at radius 2 is 1.70 bits per heavy atom. The molecule has 0 spiro atoms. The fraction of sp³-hybridized carbons (Fsp3) is 0.750. The summed E-state index contributed by atoms with van der Waals surface area (Å²) in [6, 6.07) is 4.05. The predicted molar refractivity (Wildman–Crippen MR) is 41.0 cm³/mol. The van der Waals surface area contributed by atoms with Crippen molar-refractivity contribution in [3.05, 3.63) is 0 Å². The van der Waals surface area contributed by atoms with Crippen molar-refractivity contribution in [2.24, 2.45) is 5.92 Å². The molecule has 0 bridgehead atoms. The van der Waals surface area contributed by atoms with Crippen LogP contribution in [-0.4, -0.2) is 0 Å². The minimum Gasteiger partial charge on any atom is -0.198 e. The lowest BCUT2D eigenvalue weighted by atomic mass is 10.3. The van der Waals surface area contributed by atoms with Gasteiger partial charge in [0.25, 0.3) is 0 Å². The van der Waals surface area contributed by atoms with Gasteiger partial charge in [-0.15, -0.1) is 0 Å². The topological polar surface area (TPSA) is 47.6 Å². The molecule has 0 aliphatic carbocycles. The second-order valence-electron chi connectivity index (χ2n) is 2.19. The van der Waals surface area contributed by atoms with E-state index in [2.05, 4.69) is 0 Å². The zero-order valence-electron chi connectivity index (χ0n) is 6.89. The summed E-state index contributed by atoms with van der Waals surface area (Å²) in [5.74, 6) is 0.190. The first kappa shape index (κ1) is 11.7. The smallest absolute Gasteiger partial charge is 0.0649 e. The van der Waals surface area contributed by atoms with Gasteiger partial charge in [0.15, 0.2) is 0 Å². The van der Waals surface area contributed by atoms with Crippen molar-refractivity contribution >= 4 is 0 Å². The fourth-order valence-corrected chi connectivity index (χ4v) is 0.112. The summed E-state index contributed by atoms with van der Waals surface area (Å²) in [6.45, 7) is 5.71. The van der Waals surface area contributed by atoms with Crippen LogP contribution in [0.5, 0.6) is 0 Å². The molecule has 2 heteroatoms. The third kappa shape index (κ3) is 28.1. The Hall–Kier alpha value is -1.02. The molecule has 0 aliphatic rings. The molecule has 0 unspecified atom stereocenters. The van der Waals surface area contributed by atoms with Crippen LogP contribution in [0.2, 0.25) is 0 Å². The predicted octanol–water partition coefficient (Wildman–Crippen LogP) is 2.48. The zero-order valence-corrected chi connectivity index (χ0v) is 6.89. The lowest BCUT2D eigenvalue weighted by Crippen LogP contribution is -1.72. The highest BCUT2D eigenvalue weighted by molar-refractivity contribution is 4.72. The Labute approximate surface area is 63.1 Å². The molecule has 0 radical (unpaired) electrons. The van der Waals surface area contributed by atoms with E-state index in [-0.39, 0.29) is 5.92 Å². The summed E-state index contributed by atoms with van der Waals surface area (Å²) in [5, 5.41) is 15.7. The lowest BCUT2D eigenvalue weighted by Gasteiger charge is -1.75. The summed E-state index contributed by atoms with van der Waals surface area (Å²) in [7, 11) is 0. The van der Waals surface area contributed by atoms with Crippen LogP contribution in [0.3, 0.4) is 0 Å². The van der Waals surface area contributed by atoms with Crippen molar-refractivity contribution < 1.29 is 0 Å². The molecule has 2 nitrogen and oxygen atoms in total. The van der Waals surface area contributed by atoms with E-state index in [1.165, 1.54) is 0 Å². The Morgan fingerprint density at radius 1 is 1.30 bits per heavy atom. The van der Waals surface area contributed by atoms with E-state index in [0.717, 1.165) is 6.42 Å². The Bertz CT molecular complexity index is 125. The number of rotatable bonds is 1. The van der Waals surface area contributed by atoms with E-state index < -0.39 is 0 Å². The van der Waals surface area contributed by atoms with Crippen LogP contribution >= 0.6 is 0 Å². The lowest BCUT2D eigenvalue weighted by molar-refractivity contribution is 0.849. The molecule has 0 rings (SSSR count). The molecule has 0 saturated heterocycles. The second-order valence-corrected chi connectivity index (χ2v) is 2.19. The number of nitriles is 2. The number of hydrogen-bond donors (Lipinski definition) is 0. The maximum absolute atomic E-state index is 7.89. The van der Waals surface area contributed by atoms with Gasteiger partial charge in [-0.2, -0.15) is 10.5 Å². The first-order valence-electron chi connectivity index (χ1n) is 3.45. The number of nitrogens with zero attached hydrogens (tertiary/aromatic N) is 2. The van der Waals surface area contributed by atoms with Gasteiger partial charge in [-0.3, -0.25) is 0 Å². The molecule has 0 fully saturated rings. The van der Waals surface area contributed by atoms with Crippen LogP contribution in [0.4, 0.5) is 0 Å². The van der Waals surface area contributed by atoms with Gasteiger partial charge >= 0.3 is 0 Å². The molecular weight excluding hydrogens is 124 g/mol. The molecule has 10 heavy (non-hydrogen) atoms. The fourth-order valence-electron chi connectivity index (χ4n) is 0.112. The van der Waals surface area contributed by atoms with Crippen molar-refractivity contribution in [1.82, 2.24) is 0 Å². The highest BCUT2D eigenvalue weighted by Gasteiger charge is 1.78. The zero-order chi connectivity index (χ0) is 8.41. The quantitative estimate of drug-likeness (QED) is 0.558. The summed E-state index contributed by atoms with van der Waals surface area (Å²) in [5.41, 5.74) is 0. The number of hydrogen-bond acceptors (Lipinski definition) is 2. The third-order valence-corrected chi connectivity index (χ3v) is 0.620. The summed E-state index contributed by atoms with van der Waals surface area (Å²) < 4.78 is 0. The Balaban J connectivity index is 0. The van der Waals surface area contributed by atoms with Crippen LogP contribution < -0.4 is 0 Å². The van der Waals surface area contributed by atoms with Gasteiger partial charge in [0.2, 0.25) is 0 Å². The van der Waals surface area contributed by atoms with E-state index in [0.29, 0.717) is 6.42 Å². The Morgan fingerprint density at radius 3 is 1.70 bits per heavy atom. The first-order chi connectivity index (χ1) is 4.68. The van der Waals surface area contributed by atoms with Gasteiger partial charge in [0, 0.05) is 12.3 Å². The Kier molecular flexibility index (Phi) is 12.8. The maximum atomic E-state index is 7.89. The van der Waals surface area contributed by atoms with Crippen molar-refractivity contribution in [3.63, 3.8) is 0 Å². The van der Waals surface area contributed by atoms with Crippen molar-refractivity contribution in [3.8, 4) is 12.1 Å². The van der Waals surface area contributed by atoms with E-state index in [4.69, 9.17) is 10.5 Å². The van der Waals surface area contributed by atoms with Gasteiger partial charge in [0.05, 0.1) is 12.1 Å². The molecule has 56 valence electrons. The summed E-state index contributed by atoms with van der Waals surface area (Å²) >= 11 is 0. The van der Waals surface area contributed by atoms with Crippen LogP contribution in [0.25, 0.3) is 0 Å². The second kappa shape index (κ2) is 10.9. The highest BCUT2D eigenvalue weighted by atomic mass is 14.2. The van der Waals surface area contributed by atoms with E-state index >= 15 is 0 Å². The molecular formula is C8H14N2. The van der Waals surface area contributed by atoms with Crippen molar-refractivity contribution in [1.29, 1.82) is 10.5 Å². The minimum atomic E-state index is 0.190. The van der Waals surface area contributed by atoms with Gasteiger partial charge < -0.3 is 0 Å². The van der Waals surface area contributed by atoms with E-state index in [1.54, 1.807) is 0 Å². The van der Waals surface area contributed by atoms with Crippen LogP contribution in [0.1, 0.15) is 33.6 Å². The molecule has 0 aromatic heterocycles. The van der Waals surface area contributed by atoms with Crippen LogP contribution in [0, 0.1) is 28.6 Å². The molecule has 0 heterocycles. The molecule has 0 aliphatic heterocycles. The van der Waals surface area contributed by atoms with Crippen molar-refractivity contribution in [2.45, 2.75) is 33.6 Å². The molecule has 0 aromatic rings. The molecule has 0 aromatic carbocycles. The first-order valence-corrected chi connectivity index (χ1v) is 3.45. The average molecular weight is 138 g/mol. The maximum Gasteiger partial charge on any atom is 0.0649 e. The van der Waals surface area contributed by atoms with Crippen LogP contribution in [0.15, 0.2) is 0 Å². The van der Waals surface area contributed by atoms with E-state index in [9.17, 15) is 0 Å². The monoisotopic (exact) mass is 138 g/mol. The molecule has 0 atom stereocenters. The average Bonchev–Trinajstić information content (AvgIpc) is 1.91.